The fourth-order valence-electron chi connectivity index (χ4n) is 1.94. The molecule has 0 aliphatic rings. The van der Waals surface area contributed by atoms with Crippen LogP contribution in [0.2, 0.25) is 0 Å². The Morgan fingerprint density at radius 2 is 2.00 bits per heavy atom. The van der Waals surface area contributed by atoms with Crippen LogP contribution in [0.3, 0.4) is 0 Å². The molecule has 2 aromatic heterocycles. The first-order chi connectivity index (χ1) is 8.81. The Kier molecular flexibility index (Phi) is 3.64. The highest BCUT2D eigenvalue weighted by Crippen LogP contribution is 2.22. The van der Waals surface area contributed by atoms with Crippen LogP contribution in [-0.2, 0) is 0 Å². The summed E-state index contributed by atoms with van der Waals surface area (Å²) < 4.78 is 1.78. The van der Waals surface area contributed by atoms with Gasteiger partial charge < -0.3 is 5.43 Å². The summed E-state index contributed by atoms with van der Waals surface area (Å²) in [5, 5.41) is 5.15. The summed E-state index contributed by atoms with van der Waals surface area (Å²) in [5.41, 5.74) is 5.40. The quantitative estimate of drug-likeness (QED) is 0.551. The van der Waals surface area contributed by atoms with Gasteiger partial charge in [-0.25, -0.2) is 20.5 Å². The Morgan fingerprint density at radius 3 is 2.74 bits per heavy atom. The van der Waals surface area contributed by atoms with Crippen molar-refractivity contribution < 1.29 is 0 Å². The van der Waals surface area contributed by atoms with Gasteiger partial charge in [-0.05, 0) is 18.6 Å². The molecule has 6 nitrogen and oxygen atoms in total. The Balaban J connectivity index is 0.00000133. The molecule has 0 saturated carbocycles. The van der Waals surface area contributed by atoms with Crippen LogP contribution >= 0.6 is 12.4 Å². The fraction of sp³-hybridized carbons (Fsp3) is 0.0833. The summed E-state index contributed by atoms with van der Waals surface area (Å²) in [5.74, 6) is 5.99. The maximum atomic E-state index is 5.42. The standard InChI is InChI=1S/C12H12N6.ClH/c1-8-4-2-3-5-10(8)18-12-9(6-16-18)11(17-13)14-7-15-12;/h2-7H,13H2,1H3,(H,14,15,17);1H. The molecule has 7 heteroatoms. The number of nitrogens with one attached hydrogen (secondary N) is 1. The number of rotatable bonds is 2. The van der Waals surface area contributed by atoms with Gasteiger partial charge in [0.05, 0.1) is 17.3 Å². The molecule has 0 spiro atoms. The van der Waals surface area contributed by atoms with E-state index >= 15 is 0 Å². The van der Waals surface area contributed by atoms with Crippen LogP contribution in [0.15, 0.2) is 36.8 Å². The molecule has 0 unspecified atom stereocenters. The van der Waals surface area contributed by atoms with Crippen LogP contribution in [0.1, 0.15) is 5.56 Å². The van der Waals surface area contributed by atoms with Gasteiger partial charge in [-0.1, -0.05) is 18.2 Å². The summed E-state index contributed by atoms with van der Waals surface area (Å²) in [6.45, 7) is 2.03. The summed E-state index contributed by atoms with van der Waals surface area (Å²) in [4.78, 5) is 8.32. The second-order valence-corrected chi connectivity index (χ2v) is 3.95. The van der Waals surface area contributed by atoms with E-state index in [2.05, 4.69) is 20.5 Å². The van der Waals surface area contributed by atoms with E-state index in [4.69, 9.17) is 5.84 Å². The molecule has 0 aliphatic heterocycles. The first kappa shape index (κ1) is 13.3. The summed E-state index contributed by atoms with van der Waals surface area (Å²) in [7, 11) is 0. The average molecular weight is 277 g/mol. The lowest BCUT2D eigenvalue weighted by molar-refractivity contribution is 0.887. The molecule has 0 fully saturated rings. The molecule has 2 heterocycles. The third-order valence-corrected chi connectivity index (χ3v) is 2.85. The highest BCUT2D eigenvalue weighted by Gasteiger charge is 2.11. The van der Waals surface area contributed by atoms with Gasteiger partial charge in [0.15, 0.2) is 11.5 Å². The van der Waals surface area contributed by atoms with Crippen LogP contribution in [-0.4, -0.2) is 19.7 Å². The highest BCUT2D eigenvalue weighted by atomic mass is 35.5. The third-order valence-electron chi connectivity index (χ3n) is 2.85. The molecule has 19 heavy (non-hydrogen) atoms. The second-order valence-electron chi connectivity index (χ2n) is 3.95. The zero-order valence-corrected chi connectivity index (χ0v) is 11.1. The first-order valence-electron chi connectivity index (χ1n) is 5.52. The van der Waals surface area contributed by atoms with E-state index < -0.39 is 0 Å². The van der Waals surface area contributed by atoms with Crippen LogP contribution in [0, 0.1) is 6.92 Å². The number of aryl methyl sites for hydroxylation is 1. The molecular formula is C12H13ClN6. The molecule has 1 aromatic carbocycles. The molecule has 0 saturated heterocycles. The lowest BCUT2D eigenvalue weighted by Gasteiger charge is -2.06. The van der Waals surface area contributed by atoms with Crippen LogP contribution in [0.25, 0.3) is 16.7 Å². The molecule has 98 valence electrons. The number of benzene rings is 1. The Hall–Kier alpha value is -2.18. The maximum Gasteiger partial charge on any atom is 0.168 e. The number of nitrogen functional groups attached to an aromatic ring is 1. The van der Waals surface area contributed by atoms with Gasteiger partial charge in [-0.2, -0.15) is 5.10 Å². The zero-order valence-electron chi connectivity index (χ0n) is 10.2. The Morgan fingerprint density at radius 1 is 1.21 bits per heavy atom. The Bertz CT molecular complexity index is 708. The number of para-hydroxylation sites is 1. The molecule has 0 aliphatic carbocycles. The van der Waals surface area contributed by atoms with Crippen molar-refractivity contribution in [2.45, 2.75) is 6.92 Å². The normalized spacial score (nSPS) is 10.2. The van der Waals surface area contributed by atoms with Crippen LogP contribution in [0.4, 0.5) is 5.82 Å². The van der Waals surface area contributed by atoms with Gasteiger partial charge in [0.2, 0.25) is 0 Å². The maximum absolute atomic E-state index is 5.42. The van der Waals surface area contributed by atoms with Crippen molar-refractivity contribution >= 4 is 29.3 Å². The van der Waals surface area contributed by atoms with Gasteiger partial charge >= 0.3 is 0 Å². The predicted molar refractivity (Wildman–Crippen MR) is 76.5 cm³/mol. The van der Waals surface area contributed by atoms with E-state index in [-0.39, 0.29) is 12.4 Å². The molecule has 0 atom stereocenters. The van der Waals surface area contributed by atoms with Gasteiger partial charge in [0.1, 0.15) is 6.33 Å². The van der Waals surface area contributed by atoms with Crippen molar-refractivity contribution in [2.24, 2.45) is 5.84 Å². The molecular weight excluding hydrogens is 264 g/mol. The third kappa shape index (κ3) is 2.11. The van der Waals surface area contributed by atoms with E-state index in [1.54, 1.807) is 10.9 Å². The number of nitrogens with zero attached hydrogens (tertiary/aromatic N) is 4. The smallest absolute Gasteiger partial charge is 0.168 e. The number of anilines is 1. The zero-order chi connectivity index (χ0) is 12.5. The summed E-state index contributed by atoms with van der Waals surface area (Å²) in [6.07, 6.45) is 3.17. The minimum absolute atomic E-state index is 0. The fourth-order valence-corrected chi connectivity index (χ4v) is 1.94. The summed E-state index contributed by atoms with van der Waals surface area (Å²) >= 11 is 0. The van der Waals surface area contributed by atoms with Crippen LogP contribution < -0.4 is 11.3 Å². The van der Waals surface area contributed by atoms with Crippen molar-refractivity contribution in [3.8, 4) is 5.69 Å². The van der Waals surface area contributed by atoms with Gasteiger partial charge in [0.25, 0.3) is 0 Å². The van der Waals surface area contributed by atoms with Crippen molar-refractivity contribution in [1.82, 2.24) is 19.7 Å². The molecule has 3 aromatic rings. The van der Waals surface area contributed by atoms with Crippen molar-refractivity contribution in [3.05, 3.63) is 42.4 Å². The van der Waals surface area contributed by atoms with Gasteiger partial charge in [0, 0.05) is 0 Å². The molecule has 0 bridgehead atoms. The Labute approximate surface area is 116 Å². The average Bonchev–Trinajstić information content (AvgIpc) is 2.83. The number of aromatic nitrogens is 4. The highest BCUT2D eigenvalue weighted by molar-refractivity contribution is 5.87. The minimum atomic E-state index is 0. The number of hydrazine groups is 1. The largest absolute Gasteiger partial charge is 0.308 e. The van der Waals surface area contributed by atoms with E-state index in [9.17, 15) is 0 Å². The van der Waals surface area contributed by atoms with Gasteiger partial charge in [-0.3, -0.25) is 0 Å². The second kappa shape index (κ2) is 5.21. The molecule has 0 amide bonds. The molecule has 0 radical (unpaired) electrons. The number of hydrogen-bond acceptors (Lipinski definition) is 5. The SMILES string of the molecule is Cc1ccccc1-n1ncc2c(NN)ncnc21.Cl. The topological polar surface area (TPSA) is 81.7 Å². The molecule has 3 rings (SSSR count). The molecule has 3 N–H and O–H groups in total. The number of hydrogen-bond donors (Lipinski definition) is 2. The van der Waals surface area contributed by atoms with Crippen LogP contribution in [0.5, 0.6) is 0 Å². The first-order valence-corrected chi connectivity index (χ1v) is 5.52. The predicted octanol–water partition coefficient (Wildman–Crippen LogP) is 1.83. The van der Waals surface area contributed by atoms with E-state index in [1.165, 1.54) is 6.33 Å². The van der Waals surface area contributed by atoms with Crippen molar-refractivity contribution in [2.75, 3.05) is 5.43 Å². The minimum Gasteiger partial charge on any atom is -0.308 e. The number of nitrogens with two attached hydrogens (primary N) is 1. The van der Waals surface area contributed by atoms with E-state index in [0.29, 0.717) is 5.82 Å². The van der Waals surface area contributed by atoms with Crippen molar-refractivity contribution in [1.29, 1.82) is 0 Å². The van der Waals surface area contributed by atoms with E-state index in [0.717, 1.165) is 22.3 Å². The van der Waals surface area contributed by atoms with E-state index in [1.807, 2.05) is 31.2 Å². The van der Waals surface area contributed by atoms with Gasteiger partial charge in [-0.15, -0.1) is 12.4 Å². The lowest BCUT2D eigenvalue weighted by atomic mass is 10.2. The summed E-state index contributed by atoms with van der Waals surface area (Å²) in [6, 6.07) is 8.00. The van der Waals surface area contributed by atoms with Crippen molar-refractivity contribution in [3.63, 3.8) is 0 Å². The monoisotopic (exact) mass is 276 g/mol. The lowest BCUT2D eigenvalue weighted by Crippen LogP contribution is -2.09. The number of fused-ring (bicyclic) bond motifs is 1. The number of halogens is 1.